The molecule has 1 unspecified atom stereocenters. The molecule has 0 aromatic carbocycles. The van der Waals surface area contributed by atoms with E-state index in [1.807, 2.05) is 0 Å². The summed E-state index contributed by atoms with van der Waals surface area (Å²) in [6, 6.07) is -0.682. The molecular formula is C9H14ClN3O4S. The van der Waals surface area contributed by atoms with Gasteiger partial charge in [0.2, 0.25) is 0 Å². The number of aliphatic carboxylic acids is 1. The molecule has 0 bridgehead atoms. The number of halogens is 1. The number of carbonyl (C=O) groups is 1. The molecule has 0 aliphatic carbocycles. The Morgan fingerprint density at radius 1 is 1.67 bits per heavy atom. The maximum absolute atomic E-state index is 12.0. The van der Waals surface area contributed by atoms with Crippen LogP contribution in [0, 0.1) is 0 Å². The van der Waals surface area contributed by atoms with Crippen molar-refractivity contribution in [1.29, 1.82) is 0 Å². The van der Waals surface area contributed by atoms with Gasteiger partial charge in [-0.05, 0) is 6.42 Å². The normalized spacial score (nSPS) is 13.5. The monoisotopic (exact) mass is 295 g/mol. The third kappa shape index (κ3) is 3.44. The van der Waals surface area contributed by atoms with Crippen molar-refractivity contribution >= 4 is 27.6 Å². The van der Waals surface area contributed by atoms with Crippen LogP contribution in [0.25, 0.3) is 0 Å². The SMILES string of the molecule is CCC(CC(=O)O)NS(=O)(=O)c1c(Cl)cnn1C. The van der Waals surface area contributed by atoms with Crippen molar-refractivity contribution in [1.82, 2.24) is 14.5 Å². The van der Waals surface area contributed by atoms with E-state index < -0.39 is 22.0 Å². The summed E-state index contributed by atoms with van der Waals surface area (Å²) in [5.74, 6) is -1.07. The lowest BCUT2D eigenvalue weighted by Crippen LogP contribution is -2.37. The summed E-state index contributed by atoms with van der Waals surface area (Å²) >= 11 is 5.74. The summed E-state index contributed by atoms with van der Waals surface area (Å²) in [4.78, 5) is 10.6. The van der Waals surface area contributed by atoms with Crippen molar-refractivity contribution in [2.45, 2.75) is 30.8 Å². The third-order valence-electron chi connectivity index (χ3n) is 2.33. The van der Waals surface area contributed by atoms with Crippen LogP contribution in [-0.4, -0.2) is 35.3 Å². The van der Waals surface area contributed by atoms with Gasteiger partial charge in [0.15, 0.2) is 5.03 Å². The van der Waals surface area contributed by atoms with E-state index >= 15 is 0 Å². The molecule has 102 valence electrons. The first kappa shape index (κ1) is 14.9. The minimum absolute atomic E-state index is 0.00446. The van der Waals surface area contributed by atoms with Crippen molar-refractivity contribution in [2.24, 2.45) is 7.05 Å². The Hall–Kier alpha value is -1.12. The quantitative estimate of drug-likeness (QED) is 0.800. The first-order valence-electron chi connectivity index (χ1n) is 5.19. The van der Waals surface area contributed by atoms with Crippen molar-refractivity contribution in [2.75, 3.05) is 0 Å². The fraction of sp³-hybridized carbons (Fsp3) is 0.556. The average Bonchev–Trinajstić information content (AvgIpc) is 2.56. The first-order chi connectivity index (χ1) is 8.27. The van der Waals surface area contributed by atoms with Gasteiger partial charge in [-0.3, -0.25) is 9.48 Å². The fourth-order valence-electron chi connectivity index (χ4n) is 1.46. The van der Waals surface area contributed by atoms with Crippen LogP contribution in [0.15, 0.2) is 11.2 Å². The number of nitrogens with one attached hydrogen (secondary N) is 1. The molecule has 0 aliphatic rings. The first-order valence-corrected chi connectivity index (χ1v) is 7.05. The van der Waals surface area contributed by atoms with Crippen molar-refractivity contribution in [3.05, 3.63) is 11.2 Å². The predicted octanol–water partition coefficient (Wildman–Crippen LogP) is 0.605. The Balaban J connectivity index is 2.98. The van der Waals surface area contributed by atoms with Crippen LogP contribution in [0.1, 0.15) is 19.8 Å². The molecule has 0 spiro atoms. The van der Waals surface area contributed by atoms with Crippen LogP contribution >= 0.6 is 11.6 Å². The molecule has 1 aromatic heterocycles. The van der Waals surface area contributed by atoms with E-state index in [2.05, 4.69) is 9.82 Å². The van der Waals surface area contributed by atoms with Crippen LogP contribution in [-0.2, 0) is 21.9 Å². The van der Waals surface area contributed by atoms with E-state index in [4.69, 9.17) is 16.7 Å². The van der Waals surface area contributed by atoms with Gasteiger partial charge in [-0.15, -0.1) is 0 Å². The van der Waals surface area contributed by atoms with E-state index in [0.29, 0.717) is 6.42 Å². The molecule has 0 radical (unpaired) electrons. The number of nitrogens with zero attached hydrogens (tertiary/aromatic N) is 2. The third-order valence-corrected chi connectivity index (χ3v) is 4.36. The standard InChI is InChI=1S/C9H14ClN3O4S/c1-3-6(4-8(14)15)12-18(16,17)9-7(10)5-11-13(9)2/h5-6,12H,3-4H2,1-2H3,(H,14,15). The van der Waals surface area contributed by atoms with Gasteiger partial charge in [0.05, 0.1) is 17.6 Å². The molecule has 9 heteroatoms. The Labute approximate surface area is 110 Å². The Kier molecular flexibility index (Phi) is 4.71. The number of sulfonamides is 1. The molecule has 0 aliphatic heterocycles. The maximum atomic E-state index is 12.0. The zero-order valence-corrected chi connectivity index (χ0v) is 11.5. The maximum Gasteiger partial charge on any atom is 0.304 e. The topological polar surface area (TPSA) is 101 Å². The molecule has 2 N–H and O–H groups in total. The molecular weight excluding hydrogens is 282 g/mol. The molecule has 0 amide bonds. The molecule has 1 aromatic rings. The molecule has 7 nitrogen and oxygen atoms in total. The highest BCUT2D eigenvalue weighted by molar-refractivity contribution is 7.89. The number of rotatable bonds is 6. The lowest BCUT2D eigenvalue weighted by molar-refractivity contribution is -0.137. The zero-order valence-electron chi connectivity index (χ0n) is 9.92. The van der Waals surface area contributed by atoms with Gasteiger partial charge in [0.1, 0.15) is 0 Å². The molecule has 1 atom stereocenters. The number of aromatic nitrogens is 2. The minimum Gasteiger partial charge on any atom is -0.481 e. The van der Waals surface area contributed by atoms with E-state index in [9.17, 15) is 13.2 Å². The number of carboxylic acids is 1. The summed E-state index contributed by atoms with van der Waals surface area (Å²) in [7, 11) is -2.44. The van der Waals surface area contributed by atoms with Crippen molar-refractivity contribution in [3.8, 4) is 0 Å². The summed E-state index contributed by atoms with van der Waals surface area (Å²) in [6.45, 7) is 1.70. The van der Waals surface area contributed by atoms with Crippen LogP contribution in [0.2, 0.25) is 5.02 Å². The van der Waals surface area contributed by atoms with Crippen molar-refractivity contribution < 1.29 is 18.3 Å². The molecule has 0 saturated carbocycles. The number of hydrogen-bond donors (Lipinski definition) is 2. The van der Waals surface area contributed by atoms with E-state index in [1.165, 1.54) is 13.2 Å². The highest BCUT2D eigenvalue weighted by Gasteiger charge is 2.26. The van der Waals surface area contributed by atoms with Gasteiger partial charge in [-0.25, -0.2) is 13.1 Å². The summed E-state index contributed by atoms with van der Waals surface area (Å²) in [5.41, 5.74) is 0. The minimum atomic E-state index is -3.88. The molecule has 0 fully saturated rings. The van der Waals surface area contributed by atoms with Gasteiger partial charge in [-0.1, -0.05) is 18.5 Å². The Morgan fingerprint density at radius 3 is 2.67 bits per heavy atom. The summed E-state index contributed by atoms with van der Waals surface area (Å²) < 4.78 is 27.5. The fourth-order valence-corrected chi connectivity index (χ4v) is 3.43. The Bertz CT molecular complexity index is 521. The van der Waals surface area contributed by atoms with Crippen molar-refractivity contribution in [3.63, 3.8) is 0 Å². The summed E-state index contributed by atoms with van der Waals surface area (Å²) in [5, 5.41) is 12.2. The van der Waals surface area contributed by atoms with Gasteiger partial charge < -0.3 is 5.11 Å². The van der Waals surface area contributed by atoms with E-state index in [1.54, 1.807) is 6.92 Å². The second-order valence-electron chi connectivity index (χ2n) is 3.75. The van der Waals surface area contributed by atoms with Crippen LogP contribution in [0.5, 0.6) is 0 Å². The lowest BCUT2D eigenvalue weighted by Gasteiger charge is -2.15. The highest BCUT2D eigenvalue weighted by Crippen LogP contribution is 2.20. The van der Waals surface area contributed by atoms with Gasteiger partial charge in [-0.2, -0.15) is 5.10 Å². The lowest BCUT2D eigenvalue weighted by atomic mass is 10.2. The predicted molar refractivity (Wildman–Crippen MR) is 64.9 cm³/mol. The van der Waals surface area contributed by atoms with Gasteiger partial charge >= 0.3 is 5.97 Å². The smallest absolute Gasteiger partial charge is 0.304 e. The number of aryl methyl sites for hydroxylation is 1. The summed E-state index contributed by atoms with van der Waals surface area (Å²) in [6.07, 6.45) is 1.29. The number of carboxylic acid groups (broad SMARTS) is 1. The largest absolute Gasteiger partial charge is 0.481 e. The van der Waals surface area contributed by atoms with E-state index in [0.717, 1.165) is 4.68 Å². The molecule has 1 heterocycles. The molecule has 1 rings (SSSR count). The average molecular weight is 296 g/mol. The van der Waals surface area contributed by atoms with Gasteiger partial charge in [0.25, 0.3) is 10.0 Å². The van der Waals surface area contributed by atoms with Gasteiger partial charge in [0, 0.05) is 13.1 Å². The molecule has 18 heavy (non-hydrogen) atoms. The molecule has 0 saturated heterocycles. The van der Waals surface area contributed by atoms with Crippen LogP contribution < -0.4 is 4.72 Å². The highest BCUT2D eigenvalue weighted by atomic mass is 35.5. The Morgan fingerprint density at radius 2 is 2.28 bits per heavy atom. The van der Waals surface area contributed by atoms with Crippen LogP contribution in [0.4, 0.5) is 0 Å². The van der Waals surface area contributed by atoms with E-state index in [-0.39, 0.29) is 16.5 Å². The zero-order chi connectivity index (χ0) is 13.9. The second kappa shape index (κ2) is 5.68. The van der Waals surface area contributed by atoms with Crippen LogP contribution in [0.3, 0.4) is 0 Å². The second-order valence-corrected chi connectivity index (χ2v) is 5.78. The number of hydrogen-bond acceptors (Lipinski definition) is 4.